The van der Waals surface area contributed by atoms with Crippen molar-refractivity contribution in [3.63, 3.8) is 0 Å². The molecule has 7 nitrogen and oxygen atoms in total. The highest BCUT2D eigenvalue weighted by atomic mass is 79.9. The number of hydrogen-bond acceptors (Lipinski definition) is 4. The molecule has 77 heavy (non-hydrogen) atoms. The minimum absolute atomic E-state index is 0. The van der Waals surface area contributed by atoms with Crippen molar-refractivity contribution in [2.75, 3.05) is 30.3 Å². The Bertz CT molecular complexity index is 3080. The molecule has 3 aliphatic heterocycles. The van der Waals surface area contributed by atoms with Crippen molar-refractivity contribution in [3.05, 3.63) is 201 Å². The zero-order chi connectivity index (χ0) is 54.9. The number of halogens is 3. The van der Waals surface area contributed by atoms with Crippen LogP contribution in [0.2, 0.25) is 0 Å². The van der Waals surface area contributed by atoms with Gasteiger partial charge in [-0.2, -0.15) is 17.6 Å². The average molecular weight is 1250 g/mol. The normalized spacial score (nSPS) is 16.7. The molecule has 5 aromatic carbocycles. The Morgan fingerprint density at radius 3 is 1.78 bits per heavy atom. The number of fused-ring (bicyclic) bond motifs is 3. The van der Waals surface area contributed by atoms with Gasteiger partial charge >= 0.3 is 0 Å². The smallest absolute Gasteiger partial charge is 0.264 e. The Kier molecular flexibility index (Phi) is 24.1. The van der Waals surface area contributed by atoms with Gasteiger partial charge in [-0.1, -0.05) is 166 Å². The number of rotatable bonds is 20. The summed E-state index contributed by atoms with van der Waals surface area (Å²) in [6.45, 7) is 23.4. The Hall–Kier alpha value is -4.78. The number of nitrogens with zero attached hydrogens (tertiary/aromatic N) is 4. The van der Waals surface area contributed by atoms with Gasteiger partial charge in [0.25, 0.3) is 10.1 Å². The van der Waals surface area contributed by atoms with Crippen LogP contribution in [0.4, 0.5) is 22.7 Å². The van der Waals surface area contributed by atoms with Crippen LogP contribution in [0.5, 0.6) is 0 Å². The van der Waals surface area contributed by atoms with E-state index in [4.69, 9.17) is 4.55 Å². The van der Waals surface area contributed by atoms with Crippen molar-refractivity contribution in [3.8, 4) is 0 Å². The van der Waals surface area contributed by atoms with Crippen molar-refractivity contribution in [1.82, 2.24) is 0 Å². The average Bonchev–Trinajstić information content (AvgIpc) is 3.88. The van der Waals surface area contributed by atoms with Gasteiger partial charge in [-0.05, 0) is 123 Å². The van der Waals surface area contributed by atoms with Crippen LogP contribution < -0.4 is 4.90 Å². The minimum Gasteiger partial charge on any atom is -0.344 e. The molecule has 0 atom stereocenters. The van der Waals surface area contributed by atoms with E-state index in [1.807, 2.05) is 48.7 Å². The van der Waals surface area contributed by atoms with Crippen molar-refractivity contribution >= 4 is 99.3 Å². The standard InChI is InChI=1S/C34H43BrN2O3S.C16H14BrN.C16H24N.BrH/c1-6-7-12-23-36-29-17-10-8-15-27(29)33(2,3)31(36)21-19-26(35)20-22-32-34(4,5)28-16-9-11-18-30(28)37(32)24-13-14-25-41(38,39)40;17-15(12-11-14-7-3-1-4-8-14)13-18-16-9-5-2-6-10-16;1-5-6-9-12-17-13(2)16(3,4)14-10-7-8-11-15(14)17;/h8-11,15-22H,6-7,12-14,23-25H2,1-5H3;1-10,12-13H,11H2;7-8,10-11H,5-6,9,12H2,1-4H3;1H/q;;+1;/p+1/b;15-12-,18-13?;;. The van der Waals surface area contributed by atoms with Crippen molar-refractivity contribution < 1.29 is 22.1 Å². The van der Waals surface area contributed by atoms with E-state index in [1.165, 1.54) is 89.4 Å². The van der Waals surface area contributed by atoms with Crippen LogP contribution in [0.25, 0.3) is 0 Å². The van der Waals surface area contributed by atoms with Crippen molar-refractivity contribution in [1.29, 1.82) is 0 Å². The van der Waals surface area contributed by atoms with E-state index in [0.717, 1.165) is 39.7 Å². The lowest BCUT2D eigenvalue weighted by Crippen LogP contribution is -2.28. The van der Waals surface area contributed by atoms with E-state index in [9.17, 15) is 8.42 Å². The molecular formula is C66H83Br3N4O3S+2. The predicted molar refractivity (Wildman–Crippen MR) is 342 cm³/mol. The van der Waals surface area contributed by atoms with Crippen LogP contribution in [-0.4, -0.2) is 65.1 Å². The Balaban J connectivity index is 0.000000249. The van der Waals surface area contributed by atoms with Gasteiger partial charge in [-0.15, -0.1) is 17.0 Å². The molecule has 11 heteroatoms. The van der Waals surface area contributed by atoms with Crippen LogP contribution in [0, 0.1) is 0 Å². The second-order valence-corrected chi connectivity index (χ2v) is 25.0. The lowest BCUT2D eigenvalue weighted by molar-refractivity contribution is -0.439. The third kappa shape index (κ3) is 16.9. The summed E-state index contributed by atoms with van der Waals surface area (Å²) in [7, 11) is -3.95. The number of unbranched alkanes of at least 4 members (excludes halogenated alkanes) is 5. The molecule has 8 rings (SSSR count). The largest absolute Gasteiger partial charge is 0.344 e. The summed E-state index contributed by atoms with van der Waals surface area (Å²) < 4.78 is 38.6. The maximum Gasteiger partial charge on any atom is 0.264 e. The molecule has 0 radical (unpaired) electrons. The monoisotopic (exact) mass is 1250 g/mol. The van der Waals surface area contributed by atoms with Crippen LogP contribution in [0.3, 0.4) is 0 Å². The highest BCUT2D eigenvalue weighted by Crippen LogP contribution is 2.48. The Morgan fingerprint density at radius 2 is 1.17 bits per heavy atom. The first-order valence-corrected chi connectivity index (χ1v) is 30.5. The molecule has 0 amide bonds. The molecule has 3 heterocycles. The van der Waals surface area contributed by atoms with E-state index in [2.05, 4.69) is 235 Å². The highest BCUT2D eigenvalue weighted by Gasteiger charge is 2.45. The van der Waals surface area contributed by atoms with Crippen LogP contribution in [0.15, 0.2) is 183 Å². The highest BCUT2D eigenvalue weighted by molar-refractivity contribution is 9.12. The summed E-state index contributed by atoms with van der Waals surface area (Å²) in [6.07, 6.45) is 22.1. The molecule has 0 aliphatic carbocycles. The van der Waals surface area contributed by atoms with E-state index in [-0.39, 0.29) is 39.0 Å². The Morgan fingerprint density at radius 1 is 0.636 bits per heavy atom. The van der Waals surface area contributed by atoms with E-state index >= 15 is 0 Å². The van der Waals surface area contributed by atoms with Crippen molar-refractivity contribution in [2.45, 2.75) is 136 Å². The van der Waals surface area contributed by atoms with Gasteiger partial charge in [-0.25, -0.2) is 0 Å². The molecule has 0 spiro atoms. The van der Waals surface area contributed by atoms with Crippen molar-refractivity contribution in [2.24, 2.45) is 4.99 Å². The molecule has 0 bridgehead atoms. The first-order chi connectivity index (χ1) is 36.3. The zero-order valence-electron chi connectivity index (χ0n) is 47.0. The number of benzene rings is 5. The maximum atomic E-state index is 11.2. The van der Waals surface area contributed by atoms with Gasteiger partial charge in [-0.3, -0.25) is 9.55 Å². The van der Waals surface area contributed by atoms with E-state index < -0.39 is 10.1 Å². The quantitative estimate of drug-likeness (QED) is 0.0277. The summed E-state index contributed by atoms with van der Waals surface area (Å²) in [5, 5.41) is 0. The maximum absolute atomic E-state index is 11.2. The minimum atomic E-state index is -3.95. The molecule has 0 aromatic heterocycles. The summed E-state index contributed by atoms with van der Waals surface area (Å²) >= 11 is 7.32. The molecule has 0 unspecified atom stereocenters. The second-order valence-electron chi connectivity index (χ2n) is 21.6. The molecule has 0 saturated carbocycles. The fourth-order valence-corrected chi connectivity index (χ4v) is 11.6. The topological polar surface area (TPSA) is 76.0 Å². The number of allylic oxidation sites excluding steroid dienone is 8. The number of aliphatic imine (C=N–C) groups is 1. The predicted octanol–water partition coefficient (Wildman–Crippen LogP) is 18.2. The first-order valence-electron chi connectivity index (χ1n) is 27.3. The molecule has 1 N–H and O–H groups in total. The van der Waals surface area contributed by atoms with Gasteiger partial charge in [0.05, 0.1) is 22.3 Å². The fraction of sp³-hybridized carbons (Fsp3) is 0.379. The van der Waals surface area contributed by atoms with Crippen LogP contribution in [0.1, 0.15) is 136 Å². The van der Waals surface area contributed by atoms with Gasteiger partial charge in [0.2, 0.25) is 11.4 Å². The first kappa shape index (κ1) is 63.1. The fourth-order valence-electron chi connectivity index (χ4n) is 10.5. The molecular weight excluding hydrogens is 1170 g/mol. The number of anilines is 1. The molecule has 5 aromatic rings. The van der Waals surface area contributed by atoms with E-state index in [1.54, 1.807) is 0 Å². The lowest BCUT2D eigenvalue weighted by atomic mass is 9.81. The molecule has 410 valence electrons. The van der Waals surface area contributed by atoms with E-state index in [0.29, 0.717) is 19.4 Å². The third-order valence-corrected chi connectivity index (χ3v) is 16.9. The molecule has 3 aliphatic rings. The molecule has 0 fully saturated rings. The van der Waals surface area contributed by atoms with Gasteiger partial charge in [0.15, 0.2) is 11.4 Å². The number of hydrogen-bond donors (Lipinski definition) is 1. The van der Waals surface area contributed by atoms with Crippen LogP contribution in [-0.2, 0) is 32.8 Å². The van der Waals surface area contributed by atoms with Gasteiger partial charge < -0.3 is 4.90 Å². The summed E-state index contributed by atoms with van der Waals surface area (Å²) in [6, 6.07) is 46.3. The third-order valence-electron chi connectivity index (χ3n) is 15.1. The Labute approximate surface area is 490 Å². The number of para-hydroxylation sites is 4. The summed E-state index contributed by atoms with van der Waals surface area (Å²) in [5.74, 6) is -0.213. The van der Waals surface area contributed by atoms with Gasteiger partial charge in [0.1, 0.15) is 13.1 Å². The zero-order valence-corrected chi connectivity index (χ0v) is 52.7. The lowest BCUT2D eigenvalue weighted by Gasteiger charge is -2.27. The molecule has 0 saturated heterocycles. The summed E-state index contributed by atoms with van der Waals surface area (Å²) in [5.41, 5.74) is 14.1. The SMILES string of the molecule is Br.Br/C(C=Nc1ccccc1)=C\Cc1ccccc1.CCCCC[N+]1=C(/C=C/C(Br)=C/C=C2/N(CCCCS(=O)(=O)O)c3ccccc3C2(C)C)C(C)(C)c2ccccc21.CCCCC[N+]1=C(C)C(C)(C)c2ccccc21. The van der Waals surface area contributed by atoms with Gasteiger partial charge in [0, 0.05) is 87.6 Å². The van der Waals surface area contributed by atoms with Crippen LogP contribution >= 0.6 is 48.8 Å². The summed E-state index contributed by atoms with van der Waals surface area (Å²) in [4.78, 5) is 6.67. The second kappa shape index (κ2) is 29.4.